The molecule has 0 spiro atoms. The maximum atomic E-state index is 6.24. The Balaban J connectivity index is 2.21. The maximum absolute atomic E-state index is 6.24. The number of rotatable bonds is 3. The van der Waals surface area contributed by atoms with Crippen molar-refractivity contribution in [3.8, 4) is 0 Å². The van der Waals surface area contributed by atoms with Gasteiger partial charge < -0.3 is 5.73 Å². The van der Waals surface area contributed by atoms with Gasteiger partial charge in [-0.3, -0.25) is 4.68 Å². The second-order valence-electron chi connectivity index (χ2n) is 4.23. The van der Waals surface area contributed by atoms with E-state index in [0.717, 1.165) is 22.3 Å². The Morgan fingerprint density at radius 1 is 1.47 bits per heavy atom. The summed E-state index contributed by atoms with van der Waals surface area (Å²) in [5.74, 6) is 0. The zero-order chi connectivity index (χ0) is 12.6. The largest absolute Gasteiger partial charge is 0.323 e. The van der Waals surface area contributed by atoms with E-state index in [0.29, 0.717) is 0 Å². The van der Waals surface area contributed by atoms with E-state index in [1.54, 1.807) is 11.3 Å². The number of nitrogens with two attached hydrogens (primary N) is 1. The molecule has 2 heterocycles. The average molecular weight is 314 g/mol. The van der Waals surface area contributed by atoms with Crippen LogP contribution < -0.4 is 5.73 Å². The van der Waals surface area contributed by atoms with Crippen LogP contribution in [0.5, 0.6) is 0 Å². The van der Waals surface area contributed by atoms with E-state index >= 15 is 0 Å². The minimum Gasteiger partial charge on any atom is -0.323 e. The van der Waals surface area contributed by atoms with Gasteiger partial charge in [-0.2, -0.15) is 5.10 Å². The summed E-state index contributed by atoms with van der Waals surface area (Å²) in [7, 11) is 1.96. The third-order valence-electron chi connectivity index (χ3n) is 2.80. The molecule has 17 heavy (non-hydrogen) atoms. The molecule has 0 amide bonds. The molecule has 3 nitrogen and oxygen atoms in total. The first-order valence-corrected chi connectivity index (χ1v) is 7.10. The van der Waals surface area contributed by atoms with Gasteiger partial charge in [-0.1, -0.05) is 0 Å². The molecule has 1 unspecified atom stereocenters. The number of halogens is 1. The van der Waals surface area contributed by atoms with E-state index in [1.807, 2.05) is 18.7 Å². The summed E-state index contributed by atoms with van der Waals surface area (Å²) in [6, 6.07) is 4.27. The van der Waals surface area contributed by atoms with Crippen molar-refractivity contribution < 1.29 is 0 Å². The molecule has 0 radical (unpaired) electrons. The highest BCUT2D eigenvalue weighted by atomic mass is 79.9. The van der Waals surface area contributed by atoms with E-state index in [9.17, 15) is 0 Å². The molecule has 2 aromatic heterocycles. The summed E-state index contributed by atoms with van der Waals surface area (Å²) in [4.78, 5) is 2.53. The van der Waals surface area contributed by atoms with Gasteiger partial charge in [0, 0.05) is 29.3 Å². The summed E-state index contributed by atoms with van der Waals surface area (Å²) < 4.78 is 2.98. The van der Waals surface area contributed by atoms with Crippen LogP contribution in [0.15, 0.2) is 16.6 Å². The third kappa shape index (κ3) is 2.61. The van der Waals surface area contributed by atoms with Crippen LogP contribution in [-0.2, 0) is 13.5 Å². The van der Waals surface area contributed by atoms with Gasteiger partial charge >= 0.3 is 0 Å². The molecule has 2 rings (SSSR count). The summed E-state index contributed by atoms with van der Waals surface area (Å²) in [5, 5.41) is 4.38. The molecule has 0 bridgehead atoms. The lowest BCUT2D eigenvalue weighted by molar-refractivity contribution is 0.644. The van der Waals surface area contributed by atoms with Gasteiger partial charge in [0.25, 0.3) is 0 Å². The van der Waals surface area contributed by atoms with Crippen molar-refractivity contribution in [1.82, 2.24) is 9.78 Å². The lowest BCUT2D eigenvalue weighted by atomic mass is 10.1. The Morgan fingerprint density at radius 2 is 2.18 bits per heavy atom. The summed E-state index contributed by atoms with van der Waals surface area (Å²) >= 11 is 5.34. The van der Waals surface area contributed by atoms with Gasteiger partial charge in [0.1, 0.15) is 0 Å². The van der Waals surface area contributed by atoms with Crippen molar-refractivity contribution in [2.24, 2.45) is 12.8 Å². The molecule has 92 valence electrons. The lowest BCUT2D eigenvalue weighted by Crippen LogP contribution is -2.14. The molecule has 0 saturated heterocycles. The second-order valence-corrected chi connectivity index (χ2v) is 6.34. The fraction of sp³-hybridized carbons (Fsp3) is 0.417. The molecule has 0 aromatic carbocycles. The number of thiophene rings is 1. The van der Waals surface area contributed by atoms with Crippen molar-refractivity contribution in [1.29, 1.82) is 0 Å². The van der Waals surface area contributed by atoms with Crippen LogP contribution >= 0.6 is 27.3 Å². The van der Waals surface area contributed by atoms with Crippen LogP contribution in [0.1, 0.15) is 27.2 Å². The van der Waals surface area contributed by atoms with Gasteiger partial charge in [-0.15, -0.1) is 11.3 Å². The number of nitrogens with zero attached hydrogens (tertiary/aromatic N) is 2. The fourth-order valence-corrected chi connectivity index (χ4v) is 3.24. The van der Waals surface area contributed by atoms with Crippen molar-refractivity contribution in [3.63, 3.8) is 0 Å². The molecule has 2 N–H and O–H groups in total. The van der Waals surface area contributed by atoms with Crippen molar-refractivity contribution in [3.05, 3.63) is 37.7 Å². The molecule has 0 saturated carbocycles. The summed E-state index contributed by atoms with van der Waals surface area (Å²) in [6.45, 7) is 4.10. The maximum Gasteiger partial charge on any atom is 0.0738 e. The smallest absolute Gasteiger partial charge is 0.0738 e. The van der Waals surface area contributed by atoms with Gasteiger partial charge in [0.15, 0.2) is 0 Å². The first-order chi connectivity index (χ1) is 7.99. The fourth-order valence-electron chi connectivity index (χ4n) is 1.86. The zero-order valence-corrected chi connectivity index (χ0v) is 12.6. The topological polar surface area (TPSA) is 43.8 Å². The van der Waals surface area contributed by atoms with Gasteiger partial charge in [0.05, 0.1) is 15.9 Å². The molecule has 0 aliphatic heterocycles. The number of hydrogen-bond acceptors (Lipinski definition) is 3. The Hall–Kier alpha value is -0.650. The molecule has 0 fully saturated rings. The molecule has 5 heteroatoms. The highest BCUT2D eigenvalue weighted by Gasteiger charge is 2.16. The lowest BCUT2D eigenvalue weighted by Gasteiger charge is -2.10. The van der Waals surface area contributed by atoms with E-state index < -0.39 is 0 Å². The van der Waals surface area contributed by atoms with E-state index in [-0.39, 0.29) is 6.04 Å². The zero-order valence-electron chi connectivity index (χ0n) is 10.2. The minimum atomic E-state index is 0.0415. The van der Waals surface area contributed by atoms with Crippen LogP contribution in [0.3, 0.4) is 0 Å². The third-order valence-corrected chi connectivity index (χ3v) is 4.97. The Labute approximate surface area is 114 Å². The number of aryl methyl sites for hydroxylation is 3. The van der Waals surface area contributed by atoms with E-state index in [1.165, 1.54) is 9.75 Å². The van der Waals surface area contributed by atoms with Crippen LogP contribution in [0.25, 0.3) is 0 Å². The standard InChI is InChI=1S/C12H16BrN3S/c1-7-4-5-11(17-7)9(14)6-10-12(13)8(2)15-16(10)3/h4-5,9H,6,14H2,1-3H3. The second kappa shape index (κ2) is 4.92. The number of hydrogen-bond donors (Lipinski definition) is 1. The first-order valence-electron chi connectivity index (χ1n) is 5.49. The Bertz CT molecular complexity index is 530. The van der Waals surface area contributed by atoms with Crippen LogP contribution in [-0.4, -0.2) is 9.78 Å². The van der Waals surface area contributed by atoms with Gasteiger partial charge in [-0.05, 0) is 41.9 Å². The quantitative estimate of drug-likeness (QED) is 0.946. The predicted molar refractivity (Wildman–Crippen MR) is 75.3 cm³/mol. The van der Waals surface area contributed by atoms with Gasteiger partial charge in [0.2, 0.25) is 0 Å². The Morgan fingerprint density at radius 3 is 2.65 bits per heavy atom. The molecular formula is C12H16BrN3S. The normalized spacial score (nSPS) is 13.0. The van der Waals surface area contributed by atoms with E-state index in [4.69, 9.17) is 5.73 Å². The minimum absolute atomic E-state index is 0.0415. The molecule has 0 aliphatic carbocycles. The first kappa shape index (κ1) is 12.8. The van der Waals surface area contributed by atoms with Crippen molar-refractivity contribution >= 4 is 27.3 Å². The SMILES string of the molecule is Cc1ccc(C(N)Cc2c(Br)c(C)nn2C)s1. The number of aromatic nitrogens is 2. The summed E-state index contributed by atoms with van der Waals surface area (Å²) in [5.41, 5.74) is 8.40. The molecule has 2 aromatic rings. The van der Waals surface area contributed by atoms with Crippen LogP contribution in [0, 0.1) is 13.8 Å². The monoisotopic (exact) mass is 313 g/mol. The van der Waals surface area contributed by atoms with Crippen molar-refractivity contribution in [2.45, 2.75) is 26.3 Å². The van der Waals surface area contributed by atoms with Crippen LogP contribution in [0.4, 0.5) is 0 Å². The van der Waals surface area contributed by atoms with Crippen molar-refractivity contribution in [2.75, 3.05) is 0 Å². The average Bonchev–Trinajstić information content (AvgIpc) is 2.79. The predicted octanol–water partition coefficient (Wildman–Crippen LogP) is 3.10. The highest BCUT2D eigenvalue weighted by Crippen LogP contribution is 2.27. The highest BCUT2D eigenvalue weighted by molar-refractivity contribution is 9.10. The van der Waals surface area contributed by atoms with Crippen LogP contribution in [0.2, 0.25) is 0 Å². The Kier molecular flexibility index (Phi) is 3.70. The summed E-state index contributed by atoms with van der Waals surface area (Å²) in [6.07, 6.45) is 0.803. The molecule has 0 aliphatic rings. The van der Waals surface area contributed by atoms with Gasteiger partial charge in [-0.25, -0.2) is 0 Å². The van der Waals surface area contributed by atoms with E-state index in [2.05, 4.69) is 40.1 Å². The molecule has 1 atom stereocenters. The molecular weight excluding hydrogens is 298 g/mol.